The van der Waals surface area contributed by atoms with Crippen LogP contribution in [0.5, 0.6) is 0 Å². The van der Waals surface area contributed by atoms with Crippen molar-refractivity contribution in [3.63, 3.8) is 0 Å². The minimum atomic E-state index is -0.433. The van der Waals surface area contributed by atoms with Crippen LogP contribution < -0.4 is 4.90 Å². The standard InChI is InChI=1S/C17H15BrN2O3/c1-10-3-4-14(11(2)7-10)17(21)19-6-5-12-8-13(18)9-15(16(12)19)20(22)23/h3-4,7-9H,5-6H2,1-2H3. The number of hydrogen-bond acceptors (Lipinski definition) is 3. The maximum absolute atomic E-state index is 12.9. The van der Waals surface area contributed by atoms with E-state index in [1.807, 2.05) is 32.0 Å². The second-order valence-corrected chi connectivity index (χ2v) is 6.63. The highest BCUT2D eigenvalue weighted by Gasteiger charge is 2.33. The van der Waals surface area contributed by atoms with Crippen LogP contribution in [0, 0.1) is 24.0 Å². The fourth-order valence-corrected chi connectivity index (χ4v) is 3.52. The topological polar surface area (TPSA) is 63.5 Å². The summed E-state index contributed by atoms with van der Waals surface area (Å²) >= 11 is 3.30. The maximum atomic E-state index is 12.9. The molecule has 0 bridgehead atoms. The Morgan fingerprint density at radius 3 is 2.65 bits per heavy atom. The third-order valence-corrected chi connectivity index (χ3v) is 4.52. The highest BCUT2D eigenvalue weighted by molar-refractivity contribution is 9.10. The van der Waals surface area contributed by atoms with Crippen LogP contribution in [0.1, 0.15) is 27.0 Å². The average molecular weight is 375 g/mol. The van der Waals surface area contributed by atoms with E-state index in [4.69, 9.17) is 0 Å². The van der Waals surface area contributed by atoms with Crippen molar-refractivity contribution in [1.82, 2.24) is 0 Å². The van der Waals surface area contributed by atoms with Crippen LogP contribution >= 0.6 is 15.9 Å². The Balaban J connectivity index is 2.09. The molecule has 2 aromatic rings. The second-order valence-electron chi connectivity index (χ2n) is 5.71. The van der Waals surface area contributed by atoms with Gasteiger partial charge in [0.15, 0.2) is 0 Å². The molecule has 23 heavy (non-hydrogen) atoms. The van der Waals surface area contributed by atoms with Crippen molar-refractivity contribution in [2.24, 2.45) is 0 Å². The van der Waals surface area contributed by atoms with Crippen LogP contribution in [0.15, 0.2) is 34.8 Å². The molecule has 2 aromatic carbocycles. The summed E-state index contributed by atoms with van der Waals surface area (Å²) in [6.45, 7) is 4.31. The lowest BCUT2D eigenvalue weighted by atomic mass is 10.0. The highest BCUT2D eigenvalue weighted by atomic mass is 79.9. The largest absolute Gasteiger partial charge is 0.302 e. The van der Waals surface area contributed by atoms with Gasteiger partial charge in [0.1, 0.15) is 5.69 Å². The Hall–Kier alpha value is -2.21. The first kappa shape index (κ1) is 15.7. The maximum Gasteiger partial charge on any atom is 0.294 e. The van der Waals surface area contributed by atoms with E-state index < -0.39 is 4.92 Å². The van der Waals surface area contributed by atoms with Crippen LogP contribution in [0.3, 0.4) is 0 Å². The quantitative estimate of drug-likeness (QED) is 0.585. The van der Waals surface area contributed by atoms with Crippen molar-refractivity contribution < 1.29 is 9.72 Å². The van der Waals surface area contributed by atoms with Gasteiger partial charge in [-0.25, -0.2) is 0 Å². The minimum Gasteiger partial charge on any atom is -0.302 e. The van der Waals surface area contributed by atoms with Crippen LogP contribution in [0.25, 0.3) is 0 Å². The monoisotopic (exact) mass is 374 g/mol. The number of fused-ring (bicyclic) bond motifs is 1. The Kier molecular flexibility index (Phi) is 3.93. The number of carbonyl (C=O) groups excluding carboxylic acids is 1. The Labute approximate surface area is 142 Å². The Bertz CT molecular complexity index is 833. The molecule has 1 aliphatic heterocycles. The fraction of sp³-hybridized carbons (Fsp3) is 0.235. The van der Waals surface area contributed by atoms with E-state index in [-0.39, 0.29) is 11.6 Å². The molecule has 5 nitrogen and oxygen atoms in total. The van der Waals surface area contributed by atoms with Gasteiger partial charge in [-0.2, -0.15) is 0 Å². The number of nitro groups is 1. The molecule has 1 aliphatic rings. The first-order valence-corrected chi connectivity index (χ1v) is 8.03. The molecule has 0 atom stereocenters. The molecule has 1 heterocycles. The number of nitro benzene ring substituents is 1. The molecular formula is C17H15BrN2O3. The summed E-state index contributed by atoms with van der Waals surface area (Å²) in [7, 11) is 0. The molecule has 0 spiro atoms. The van der Waals surface area contributed by atoms with Gasteiger partial charge < -0.3 is 4.90 Å². The molecule has 0 aromatic heterocycles. The normalized spacial score (nSPS) is 13.1. The van der Waals surface area contributed by atoms with Crippen LogP contribution in [-0.2, 0) is 6.42 Å². The molecule has 0 unspecified atom stereocenters. The van der Waals surface area contributed by atoms with E-state index in [0.29, 0.717) is 28.7 Å². The van der Waals surface area contributed by atoms with Gasteiger partial charge in [-0.05, 0) is 43.5 Å². The molecule has 0 aliphatic carbocycles. The second kappa shape index (κ2) is 5.77. The number of anilines is 1. The van der Waals surface area contributed by atoms with E-state index in [2.05, 4.69) is 15.9 Å². The summed E-state index contributed by atoms with van der Waals surface area (Å²) < 4.78 is 0.656. The number of benzene rings is 2. The van der Waals surface area contributed by atoms with Crippen molar-refractivity contribution in [2.75, 3.05) is 11.4 Å². The van der Waals surface area contributed by atoms with E-state index in [9.17, 15) is 14.9 Å². The van der Waals surface area contributed by atoms with Gasteiger partial charge >= 0.3 is 0 Å². The minimum absolute atomic E-state index is 0.0370. The van der Waals surface area contributed by atoms with E-state index in [1.165, 1.54) is 11.0 Å². The number of hydrogen-bond donors (Lipinski definition) is 0. The molecule has 6 heteroatoms. The first-order valence-electron chi connectivity index (χ1n) is 7.24. The van der Waals surface area contributed by atoms with E-state index in [0.717, 1.165) is 16.7 Å². The summed E-state index contributed by atoms with van der Waals surface area (Å²) in [5.74, 6) is -0.188. The first-order chi connectivity index (χ1) is 10.9. The van der Waals surface area contributed by atoms with Gasteiger partial charge in [0.2, 0.25) is 0 Å². The van der Waals surface area contributed by atoms with Gasteiger partial charge in [-0.1, -0.05) is 33.6 Å². The molecule has 0 saturated heterocycles. The predicted octanol–water partition coefficient (Wildman–Crippen LogP) is 4.18. The number of amides is 1. The summed E-state index contributed by atoms with van der Waals surface area (Å²) in [6.07, 6.45) is 0.617. The Morgan fingerprint density at radius 1 is 1.26 bits per heavy atom. The van der Waals surface area contributed by atoms with E-state index in [1.54, 1.807) is 6.07 Å². The lowest BCUT2D eigenvalue weighted by Gasteiger charge is -2.19. The summed E-state index contributed by atoms with van der Waals surface area (Å²) in [4.78, 5) is 25.4. The zero-order valence-electron chi connectivity index (χ0n) is 12.8. The Morgan fingerprint density at radius 2 is 2.00 bits per heavy atom. The van der Waals surface area contributed by atoms with Crippen LogP contribution in [0.2, 0.25) is 0 Å². The van der Waals surface area contributed by atoms with Gasteiger partial charge in [0.05, 0.1) is 4.92 Å². The lowest BCUT2D eigenvalue weighted by molar-refractivity contribution is -0.384. The van der Waals surface area contributed by atoms with Gasteiger partial charge in [0, 0.05) is 22.6 Å². The molecular weight excluding hydrogens is 360 g/mol. The summed E-state index contributed by atoms with van der Waals surface area (Å²) in [5, 5.41) is 11.4. The smallest absolute Gasteiger partial charge is 0.294 e. The molecule has 1 amide bonds. The average Bonchev–Trinajstić information content (AvgIpc) is 2.89. The molecule has 0 radical (unpaired) electrons. The number of aryl methyl sites for hydroxylation is 2. The number of carbonyl (C=O) groups is 1. The third-order valence-electron chi connectivity index (χ3n) is 4.06. The molecule has 3 rings (SSSR count). The predicted molar refractivity (Wildman–Crippen MR) is 92.1 cm³/mol. The number of rotatable bonds is 2. The summed E-state index contributed by atoms with van der Waals surface area (Å²) in [5.41, 5.74) is 3.75. The molecule has 0 saturated carbocycles. The van der Waals surface area contributed by atoms with Gasteiger partial charge in [-0.15, -0.1) is 0 Å². The lowest BCUT2D eigenvalue weighted by Crippen LogP contribution is -2.30. The number of halogens is 1. The molecule has 0 N–H and O–H groups in total. The van der Waals surface area contributed by atoms with E-state index >= 15 is 0 Å². The third kappa shape index (κ3) is 2.74. The van der Waals surface area contributed by atoms with Crippen molar-refractivity contribution in [1.29, 1.82) is 0 Å². The summed E-state index contributed by atoms with van der Waals surface area (Å²) in [6, 6.07) is 8.91. The molecule has 118 valence electrons. The highest BCUT2D eigenvalue weighted by Crippen LogP contribution is 2.40. The zero-order chi connectivity index (χ0) is 16.7. The fourth-order valence-electron chi connectivity index (χ4n) is 3.03. The van der Waals surface area contributed by atoms with Gasteiger partial charge in [0.25, 0.3) is 11.6 Å². The molecule has 0 fully saturated rings. The zero-order valence-corrected chi connectivity index (χ0v) is 14.4. The SMILES string of the molecule is Cc1ccc(C(=O)N2CCc3cc(Br)cc([N+](=O)[O-])c32)c(C)c1. The van der Waals surface area contributed by atoms with Crippen molar-refractivity contribution in [3.05, 3.63) is 67.2 Å². The van der Waals surface area contributed by atoms with Crippen molar-refractivity contribution in [2.45, 2.75) is 20.3 Å². The number of nitrogens with zero attached hydrogens (tertiary/aromatic N) is 2. The van der Waals surface area contributed by atoms with Crippen molar-refractivity contribution >= 4 is 33.2 Å². The van der Waals surface area contributed by atoms with Crippen molar-refractivity contribution in [3.8, 4) is 0 Å². The van der Waals surface area contributed by atoms with Crippen LogP contribution in [-0.4, -0.2) is 17.4 Å². The van der Waals surface area contributed by atoms with Crippen LogP contribution in [0.4, 0.5) is 11.4 Å². The van der Waals surface area contributed by atoms with Gasteiger partial charge in [-0.3, -0.25) is 14.9 Å².